The second kappa shape index (κ2) is 8.91. The summed E-state index contributed by atoms with van der Waals surface area (Å²) in [5.74, 6) is 0.0631. The standard InChI is InChI=1S/C23H29N3O2/c1-4-28-23(24)26-16-21(27)25(17(2)3)15-20(26)22(18-11-7-5-8-12-18)19-13-9-6-10-14-19/h5-14,17,20,22,24H,4,15-16H2,1-3H3/t20-/m1/s1. The van der Waals surface area contributed by atoms with Gasteiger partial charge in [-0.1, -0.05) is 60.7 Å². The Labute approximate surface area is 167 Å². The van der Waals surface area contributed by atoms with E-state index in [2.05, 4.69) is 24.3 Å². The minimum Gasteiger partial charge on any atom is -0.466 e. The van der Waals surface area contributed by atoms with Crippen molar-refractivity contribution in [2.45, 2.75) is 38.8 Å². The minimum absolute atomic E-state index is 0.0255. The van der Waals surface area contributed by atoms with Crippen LogP contribution in [0.5, 0.6) is 0 Å². The summed E-state index contributed by atoms with van der Waals surface area (Å²) in [6.07, 6.45) is 0. The summed E-state index contributed by atoms with van der Waals surface area (Å²) in [6.45, 7) is 7.07. The first-order valence-electron chi connectivity index (χ1n) is 9.90. The SMILES string of the molecule is CCOC(=N)N1CC(=O)N(C(C)C)C[C@@H]1C(c1ccccc1)c1ccccc1. The molecule has 1 N–H and O–H groups in total. The van der Waals surface area contributed by atoms with Crippen molar-refractivity contribution in [2.24, 2.45) is 0 Å². The van der Waals surface area contributed by atoms with Gasteiger partial charge in [-0.15, -0.1) is 0 Å². The maximum Gasteiger partial charge on any atom is 0.285 e. The van der Waals surface area contributed by atoms with Crippen LogP contribution in [0, 0.1) is 5.41 Å². The molecule has 5 nitrogen and oxygen atoms in total. The number of amidine groups is 1. The van der Waals surface area contributed by atoms with Gasteiger partial charge in [-0.3, -0.25) is 10.2 Å². The molecule has 1 aliphatic heterocycles. The molecule has 0 unspecified atom stereocenters. The lowest BCUT2D eigenvalue weighted by atomic mass is 9.83. The van der Waals surface area contributed by atoms with Gasteiger partial charge in [0.1, 0.15) is 6.54 Å². The zero-order valence-electron chi connectivity index (χ0n) is 16.8. The number of nitrogens with zero attached hydrogens (tertiary/aromatic N) is 2. The monoisotopic (exact) mass is 379 g/mol. The number of piperazine rings is 1. The van der Waals surface area contributed by atoms with Gasteiger partial charge in [0.2, 0.25) is 5.91 Å². The van der Waals surface area contributed by atoms with Gasteiger partial charge in [-0.05, 0) is 31.9 Å². The van der Waals surface area contributed by atoms with E-state index in [0.717, 1.165) is 0 Å². The van der Waals surface area contributed by atoms with Crippen LogP contribution in [-0.4, -0.2) is 53.5 Å². The second-order valence-electron chi connectivity index (χ2n) is 7.37. The van der Waals surface area contributed by atoms with Crippen LogP contribution in [0.2, 0.25) is 0 Å². The molecule has 3 rings (SSSR count). The van der Waals surface area contributed by atoms with E-state index >= 15 is 0 Å². The van der Waals surface area contributed by atoms with E-state index in [1.807, 2.05) is 67.0 Å². The third-order valence-electron chi connectivity index (χ3n) is 5.28. The molecule has 0 saturated carbocycles. The average Bonchev–Trinajstić information content (AvgIpc) is 2.70. The minimum atomic E-state index is -0.0797. The Morgan fingerprint density at radius 3 is 2.07 bits per heavy atom. The van der Waals surface area contributed by atoms with Crippen LogP contribution < -0.4 is 0 Å². The van der Waals surface area contributed by atoms with Crippen LogP contribution in [0.4, 0.5) is 0 Å². The van der Waals surface area contributed by atoms with Crippen molar-refractivity contribution < 1.29 is 9.53 Å². The molecule has 1 amide bonds. The topological polar surface area (TPSA) is 56.6 Å². The van der Waals surface area contributed by atoms with Gasteiger partial charge in [0.15, 0.2) is 0 Å². The van der Waals surface area contributed by atoms with Crippen LogP contribution >= 0.6 is 0 Å². The largest absolute Gasteiger partial charge is 0.466 e. The summed E-state index contributed by atoms with van der Waals surface area (Å²) in [6, 6.07) is 20.8. The van der Waals surface area contributed by atoms with Gasteiger partial charge >= 0.3 is 0 Å². The van der Waals surface area contributed by atoms with E-state index in [4.69, 9.17) is 10.1 Å². The summed E-state index contributed by atoms with van der Waals surface area (Å²) in [5.41, 5.74) is 2.34. The number of hydrogen-bond acceptors (Lipinski definition) is 3. The molecule has 5 heteroatoms. The predicted octanol–water partition coefficient (Wildman–Crippen LogP) is 3.71. The molecule has 2 aromatic rings. The highest BCUT2D eigenvalue weighted by Gasteiger charge is 2.40. The third-order valence-corrected chi connectivity index (χ3v) is 5.28. The Hall–Kier alpha value is -2.82. The Morgan fingerprint density at radius 1 is 1.07 bits per heavy atom. The number of hydrogen-bond donors (Lipinski definition) is 1. The number of ether oxygens (including phenoxy) is 1. The van der Waals surface area contributed by atoms with Crippen molar-refractivity contribution in [3.8, 4) is 0 Å². The molecule has 0 radical (unpaired) electrons. The molecule has 0 aromatic heterocycles. The third kappa shape index (κ3) is 4.19. The van der Waals surface area contributed by atoms with Crippen molar-refractivity contribution in [3.05, 3.63) is 71.8 Å². The fourth-order valence-electron chi connectivity index (χ4n) is 3.94. The molecule has 1 saturated heterocycles. The fraction of sp³-hybridized carbons (Fsp3) is 0.391. The maximum absolute atomic E-state index is 12.7. The molecule has 1 fully saturated rings. The molecule has 148 valence electrons. The van der Waals surface area contributed by atoms with Gasteiger partial charge in [0, 0.05) is 18.5 Å². The Kier molecular flexibility index (Phi) is 6.34. The molecule has 1 atom stereocenters. The zero-order valence-corrected chi connectivity index (χ0v) is 16.8. The van der Waals surface area contributed by atoms with Crippen LogP contribution in [0.25, 0.3) is 0 Å². The van der Waals surface area contributed by atoms with Gasteiger partial charge < -0.3 is 14.5 Å². The number of benzene rings is 2. The average molecular weight is 380 g/mol. The molecule has 2 aromatic carbocycles. The van der Waals surface area contributed by atoms with Crippen LogP contribution in [0.15, 0.2) is 60.7 Å². The molecule has 1 heterocycles. The van der Waals surface area contributed by atoms with Crippen molar-refractivity contribution in [1.29, 1.82) is 5.41 Å². The van der Waals surface area contributed by atoms with Gasteiger partial charge in [-0.2, -0.15) is 0 Å². The van der Waals surface area contributed by atoms with E-state index < -0.39 is 0 Å². The Morgan fingerprint density at radius 2 is 1.61 bits per heavy atom. The van der Waals surface area contributed by atoms with E-state index in [1.165, 1.54) is 11.1 Å². The maximum atomic E-state index is 12.7. The van der Waals surface area contributed by atoms with Gasteiger partial charge in [-0.25, -0.2) is 0 Å². The fourth-order valence-corrected chi connectivity index (χ4v) is 3.94. The highest BCUT2D eigenvalue weighted by atomic mass is 16.5. The van der Waals surface area contributed by atoms with E-state index in [0.29, 0.717) is 13.2 Å². The van der Waals surface area contributed by atoms with Gasteiger partial charge in [0.25, 0.3) is 6.02 Å². The zero-order chi connectivity index (χ0) is 20.1. The molecule has 1 aliphatic rings. The normalized spacial score (nSPS) is 17.3. The van der Waals surface area contributed by atoms with E-state index in [-0.39, 0.29) is 36.5 Å². The molecule has 0 aliphatic carbocycles. The number of nitrogens with one attached hydrogen (secondary N) is 1. The summed E-state index contributed by atoms with van der Waals surface area (Å²) < 4.78 is 5.52. The Bertz CT molecular complexity index is 753. The summed E-state index contributed by atoms with van der Waals surface area (Å²) in [7, 11) is 0. The van der Waals surface area contributed by atoms with Crippen molar-refractivity contribution >= 4 is 11.9 Å². The first-order chi connectivity index (χ1) is 13.5. The lowest BCUT2D eigenvalue weighted by molar-refractivity contribution is -0.139. The Balaban J connectivity index is 2.07. The van der Waals surface area contributed by atoms with E-state index in [9.17, 15) is 4.79 Å². The molecule has 0 spiro atoms. The van der Waals surface area contributed by atoms with Crippen molar-refractivity contribution in [3.63, 3.8) is 0 Å². The van der Waals surface area contributed by atoms with Crippen molar-refractivity contribution in [2.75, 3.05) is 19.7 Å². The summed E-state index contributed by atoms with van der Waals surface area (Å²) >= 11 is 0. The number of rotatable bonds is 5. The van der Waals surface area contributed by atoms with Gasteiger partial charge in [0.05, 0.1) is 12.6 Å². The van der Waals surface area contributed by atoms with E-state index in [1.54, 1.807) is 0 Å². The van der Waals surface area contributed by atoms with Crippen LogP contribution in [0.3, 0.4) is 0 Å². The lowest BCUT2D eigenvalue weighted by Gasteiger charge is -2.46. The number of carbonyl (C=O) groups is 1. The smallest absolute Gasteiger partial charge is 0.285 e. The number of carbonyl (C=O) groups excluding carboxylic acids is 1. The molecule has 28 heavy (non-hydrogen) atoms. The summed E-state index contributed by atoms with van der Waals surface area (Å²) in [4.78, 5) is 16.5. The van der Waals surface area contributed by atoms with Crippen LogP contribution in [-0.2, 0) is 9.53 Å². The van der Waals surface area contributed by atoms with Crippen LogP contribution in [0.1, 0.15) is 37.8 Å². The molecular weight excluding hydrogens is 350 g/mol. The first kappa shape index (κ1) is 19.9. The lowest BCUT2D eigenvalue weighted by Crippen LogP contribution is -2.61. The van der Waals surface area contributed by atoms with Crippen molar-refractivity contribution in [1.82, 2.24) is 9.80 Å². The second-order valence-corrected chi connectivity index (χ2v) is 7.37. The quantitative estimate of drug-likeness (QED) is 0.636. The summed E-state index contributed by atoms with van der Waals surface area (Å²) in [5, 5.41) is 8.43. The predicted molar refractivity (Wildman–Crippen MR) is 111 cm³/mol. The highest BCUT2D eigenvalue weighted by Crippen LogP contribution is 2.34. The molecule has 0 bridgehead atoms. The highest BCUT2D eigenvalue weighted by molar-refractivity contribution is 5.85. The molecular formula is C23H29N3O2. The first-order valence-corrected chi connectivity index (χ1v) is 9.90. The number of amides is 1.